The number of carbonyl (C=O) groups is 2. The standard InChI is InChI=1S/C26H26N4O7/c1-17(28-26(32)19-9-11-21(35-2)12-10-19)25(31)29-27-15-20-13-23(36-3)24(14-22(20)30(33)34)37-16-18-7-5-4-6-8-18/h4-15,17H,16H2,1-3H3,(H,28,32)(H,29,31). The molecule has 1 atom stereocenters. The van der Waals surface area contributed by atoms with E-state index >= 15 is 0 Å². The lowest BCUT2D eigenvalue weighted by atomic mass is 10.1. The van der Waals surface area contributed by atoms with Gasteiger partial charge < -0.3 is 19.5 Å². The Balaban J connectivity index is 1.66. The Morgan fingerprint density at radius 2 is 1.73 bits per heavy atom. The van der Waals surface area contributed by atoms with E-state index in [2.05, 4.69) is 15.8 Å². The minimum Gasteiger partial charge on any atom is -0.497 e. The number of nitro benzene ring substituents is 1. The van der Waals surface area contributed by atoms with Crippen molar-refractivity contribution in [3.8, 4) is 17.2 Å². The van der Waals surface area contributed by atoms with Crippen molar-refractivity contribution in [2.75, 3.05) is 14.2 Å². The normalized spacial score (nSPS) is 11.4. The molecule has 0 bridgehead atoms. The molecule has 0 aliphatic rings. The van der Waals surface area contributed by atoms with Gasteiger partial charge in [-0.2, -0.15) is 5.10 Å². The quantitative estimate of drug-likeness (QED) is 0.230. The van der Waals surface area contributed by atoms with E-state index in [1.807, 2.05) is 30.3 Å². The summed E-state index contributed by atoms with van der Waals surface area (Å²) in [6.07, 6.45) is 1.12. The zero-order valence-corrected chi connectivity index (χ0v) is 20.5. The van der Waals surface area contributed by atoms with Crippen LogP contribution in [0.1, 0.15) is 28.4 Å². The first-order valence-electron chi connectivity index (χ1n) is 11.1. The number of rotatable bonds is 11. The number of ether oxygens (including phenoxy) is 3. The third kappa shape index (κ3) is 7.28. The summed E-state index contributed by atoms with van der Waals surface area (Å²) < 4.78 is 16.1. The molecular formula is C26H26N4O7. The fourth-order valence-corrected chi connectivity index (χ4v) is 3.18. The molecule has 0 heterocycles. The van der Waals surface area contributed by atoms with Gasteiger partial charge in [-0.05, 0) is 42.8 Å². The number of hydrogen-bond donors (Lipinski definition) is 2. The summed E-state index contributed by atoms with van der Waals surface area (Å²) in [5.41, 5.74) is 3.30. The van der Waals surface area contributed by atoms with Crippen molar-refractivity contribution >= 4 is 23.7 Å². The summed E-state index contributed by atoms with van der Waals surface area (Å²) in [4.78, 5) is 35.8. The molecule has 0 aliphatic heterocycles. The second-order valence-corrected chi connectivity index (χ2v) is 7.75. The first-order valence-corrected chi connectivity index (χ1v) is 11.1. The molecule has 11 nitrogen and oxygen atoms in total. The Morgan fingerprint density at radius 3 is 2.35 bits per heavy atom. The number of carbonyl (C=O) groups excluding carboxylic acids is 2. The molecule has 37 heavy (non-hydrogen) atoms. The van der Waals surface area contributed by atoms with Crippen LogP contribution in [-0.4, -0.2) is 43.2 Å². The van der Waals surface area contributed by atoms with Gasteiger partial charge >= 0.3 is 0 Å². The minimum atomic E-state index is -0.926. The third-order valence-electron chi connectivity index (χ3n) is 5.22. The van der Waals surface area contributed by atoms with E-state index in [9.17, 15) is 19.7 Å². The van der Waals surface area contributed by atoms with E-state index < -0.39 is 22.8 Å². The van der Waals surface area contributed by atoms with Gasteiger partial charge in [-0.3, -0.25) is 19.7 Å². The van der Waals surface area contributed by atoms with Gasteiger partial charge in [0.25, 0.3) is 17.5 Å². The molecule has 3 aromatic rings. The van der Waals surface area contributed by atoms with Crippen LogP contribution in [0.4, 0.5) is 5.69 Å². The van der Waals surface area contributed by atoms with Crippen molar-refractivity contribution in [3.05, 3.63) is 93.5 Å². The molecule has 192 valence electrons. The monoisotopic (exact) mass is 506 g/mol. The van der Waals surface area contributed by atoms with Crippen LogP contribution in [-0.2, 0) is 11.4 Å². The molecule has 0 fully saturated rings. The van der Waals surface area contributed by atoms with Gasteiger partial charge in [0, 0.05) is 5.56 Å². The van der Waals surface area contributed by atoms with Crippen LogP contribution in [0.5, 0.6) is 17.2 Å². The van der Waals surface area contributed by atoms with Crippen molar-refractivity contribution in [1.82, 2.24) is 10.7 Å². The molecular weight excluding hydrogens is 480 g/mol. The first-order chi connectivity index (χ1) is 17.8. The predicted octanol–water partition coefficient (Wildman–Crippen LogP) is 3.46. The summed E-state index contributed by atoms with van der Waals surface area (Å²) in [6, 6.07) is 17.4. The topological polar surface area (TPSA) is 141 Å². The summed E-state index contributed by atoms with van der Waals surface area (Å²) >= 11 is 0. The molecule has 2 amide bonds. The van der Waals surface area contributed by atoms with E-state index in [0.29, 0.717) is 11.3 Å². The van der Waals surface area contributed by atoms with Crippen LogP contribution < -0.4 is 25.0 Å². The van der Waals surface area contributed by atoms with Crippen molar-refractivity contribution in [1.29, 1.82) is 0 Å². The van der Waals surface area contributed by atoms with Crippen molar-refractivity contribution in [3.63, 3.8) is 0 Å². The predicted molar refractivity (Wildman–Crippen MR) is 136 cm³/mol. The number of nitro groups is 1. The molecule has 11 heteroatoms. The third-order valence-corrected chi connectivity index (χ3v) is 5.22. The van der Waals surface area contributed by atoms with Crippen LogP contribution in [0.2, 0.25) is 0 Å². The maximum atomic E-state index is 12.4. The Hall–Kier alpha value is -4.93. The average molecular weight is 507 g/mol. The molecule has 1 unspecified atom stereocenters. The lowest BCUT2D eigenvalue weighted by Crippen LogP contribution is -2.43. The molecule has 0 radical (unpaired) electrons. The number of hydrazone groups is 1. The van der Waals surface area contributed by atoms with Gasteiger partial charge in [0.2, 0.25) is 0 Å². The number of hydrogen-bond acceptors (Lipinski definition) is 8. The van der Waals surface area contributed by atoms with E-state index in [0.717, 1.165) is 11.8 Å². The Bertz CT molecular complexity index is 1280. The van der Waals surface area contributed by atoms with Crippen LogP contribution in [0, 0.1) is 10.1 Å². The number of nitrogens with one attached hydrogen (secondary N) is 2. The van der Waals surface area contributed by atoms with Crippen LogP contribution in [0.3, 0.4) is 0 Å². The molecule has 0 spiro atoms. The maximum absolute atomic E-state index is 12.4. The molecule has 0 saturated heterocycles. The van der Waals surface area contributed by atoms with E-state index in [4.69, 9.17) is 14.2 Å². The molecule has 3 aromatic carbocycles. The van der Waals surface area contributed by atoms with E-state index in [-0.39, 0.29) is 29.4 Å². The molecule has 0 saturated carbocycles. The highest BCUT2D eigenvalue weighted by molar-refractivity contribution is 5.97. The maximum Gasteiger partial charge on any atom is 0.282 e. The zero-order valence-electron chi connectivity index (χ0n) is 20.5. The SMILES string of the molecule is COc1ccc(C(=O)NC(C)C(=O)NN=Cc2cc(OC)c(OCc3ccccc3)cc2[N+](=O)[O-])cc1. The van der Waals surface area contributed by atoms with Crippen LogP contribution in [0.15, 0.2) is 71.8 Å². The fourth-order valence-electron chi connectivity index (χ4n) is 3.18. The number of amides is 2. The Labute approximate surface area is 213 Å². The lowest BCUT2D eigenvalue weighted by Gasteiger charge is -2.13. The fraction of sp³-hybridized carbons (Fsp3) is 0.192. The van der Waals surface area contributed by atoms with E-state index in [1.54, 1.807) is 24.3 Å². The van der Waals surface area contributed by atoms with Gasteiger partial charge in [-0.1, -0.05) is 30.3 Å². The highest BCUT2D eigenvalue weighted by Gasteiger charge is 2.20. The smallest absolute Gasteiger partial charge is 0.282 e. The first kappa shape index (κ1) is 26.7. The van der Waals surface area contributed by atoms with Crippen LogP contribution >= 0.6 is 0 Å². The van der Waals surface area contributed by atoms with Crippen molar-refractivity contribution in [2.24, 2.45) is 5.10 Å². The second kappa shape index (κ2) is 12.7. The van der Waals surface area contributed by atoms with E-state index in [1.165, 1.54) is 33.3 Å². The minimum absolute atomic E-state index is 0.0872. The van der Waals surface area contributed by atoms with Gasteiger partial charge in [0.15, 0.2) is 11.5 Å². The average Bonchev–Trinajstić information content (AvgIpc) is 2.92. The second-order valence-electron chi connectivity index (χ2n) is 7.75. The Kier molecular flexibility index (Phi) is 9.14. The largest absolute Gasteiger partial charge is 0.497 e. The summed E-state index contributed by atoms with van der Waals surface area (Å²) in [5.74, 6) is -0.0296. The highest BCUT2D eigenvalue weighted by atomic mass is 16.6. The highest BCUT2D eigenvalue weighted by Crippen LogP contribution is 2.34. The van der Waals surface area contributed by atoms with Crippen molar-refractivity contribution in [2.45, 2.75) is 19.6 Å². The molecule has 3 rings (SSSR count). The van der Waals surface area contributed by atoms with Gasteiger partial charge in [0.1, 0.15) is 18.4 Å². The van der Waals surface area contributed by atoms with Gasteiger partial charge in [-0.15, -0.1) is 0 Å². The lowest BCUT2D eigenvalue weighted by molar-refractivity contribution is -0.385. The molecule has 2 N–H and O–H groups in total. The number of nitrogens with zero attached hydrogens (tertiary/aromatic N) is 2. The molecule has 0 aromatic heterocycles. The van der Waals surface area contributed by atoms with Crippen molar-refractivity contribution < 1.29 is 28.7 Å². The van der Waals surface area contributed by atoms with Gasteiger partial charge in [0.05, 0.1) is 37.0 Å². The summed E-state index contributed by atoms with van der Waals surface area (Å²) in [5, 5.41) is 18.0. The summed E-state index contributed by atoms with van der Waals surface area (Å²) in [6.45, 7) is 1.68. The number of methoxy groups -OCH3 is 2. The number of benzene rings is 3. The summed E-state index contributed by atoms with van der Waals surface area (Å²) in [7, 11) is 2.92. The van der Waals surface area contributed by atoms with Crippen LogP contribution in [0.25, 0.3) is 0 Å². The van der Waals surface area contributed by atoms with Gasteiger partial charge in [-0.25, -0.2) is 5.43 Å². The molecule has 0 aliphatic carbocycles. The zero-order chi connectivity index (χ0) is 26.8. The Morgan fingerprint density at radius 1 is 1.03 bits per heavy atom.